The highest BCUT2D eigenvalue weighted by atomic mass is 16.7. The van der Waals surface area contributed by atoms with E-state index >= 15 is 0 Å². The van der Waals surface area contributed by atoms with Crippen LogP contribution < -0.4 is 0 Å². The molecule has 4 bridgehead atoms. The Kier molecular flexibility index (Phi) is 4.24. The fourth-order valence-electron chi connectivity index (χ4n) is 11.4. The maximum Gasteiger partial charge on any atom is 0.342 e. The van der Waals surface area contributed by atoms with E-state index in [1.165, 1.54) is 0 Å². The van der Waals surface area contributed by atoms with E-state index in [9.17, 15) is 34.5 Å². The number of esters is 4. The van der Waals surface area contributed by atoms with Gasteiger partial charge in [0.05, 0.1) is 39.5 Å². The largest absolute Gasteiger partial charge is 0.458 e. The third-order valence-electron chi connectivity index (χ3n) is 13.4. The van der Waals surface area contributed by atoms with E-state index in [0.29, 0.717) is 0 Å². The molecule has 10 fully saturated rings. The second-order valence-electron chi connectivity index (χ2n) is 15.3. The molecule has 13 heteroatoms. The molecule has 4 saturated carbocycles. The van der Waals surface area contributed by atoms with Crippen molar-refractivity contribution in [3.05, 3.63) is 12.2 Å². The standard InChI is InChI=1S/C15H18O7.C15H16O6/c1-12(2,18)6-7-10(16)20-8(6)9-13(3)14(7,19)4-5-15(13,22-5)11(17)21-9;1-5(2)7-8-11(16)19-9(7)10-13(3)14(8,18)4-6-15(13,21-6)12(17)20-10/h5-9,18-19H,4H2,1-3H3;6-10,18H,1,4H2,2-3H3/t5-,6+,7+,8+,9-,13-,14-,15+;6-,7+,8+,9+,10-,13-,14-,15+/m11/s1. The van der Waals surface area contributed by atoms with Crippen LogP contribution in [0, 0.1) is 34.5 Å². The summed E-state index contributed by atoms with van der Waals surface area (Å²) in [5.41, 5.74) is -7.49. The molecule has 6 heterocycles. The lowest BCUT2D eigenvalue weighted by Gasteiger charge is -2.53. The number of hydrogen-bond acceptors (Lipinski definition) is 13. The van der Waals surface area contributed by atoms with Gasteiger partial charge in [0.1, 0.15) is 24.4 Å². The maximum atomic E-state index is 12.4. The fraction of sp³-hybridized carbons (Fsp3) is 0.800. The van der Waals surface area contributed by atoms with Crippen LogP contribution in [-0.2, 0) is 47.6 Å². The fourth-order valence-corrected chi connectivity index (χ4v) is 11.4. The predicted molar refractivity (Wildman–Crippen MR) is 135 cm³/mol. The Morgan fingerprint density at radius 3 is 1.72 bits per heavy atom. The Labute approximate surface area is 245 Å². The van der Waals surface area contributed by atoms with Gasteiger partial charge in [-0.1, -0.05) is 12.2 Å². The number of rotatable bonds is 2. The number of fused-ring (bicyclic) bond motifs is 8. The number of epoxide rings is 2. The molecule has 3 N–H and O–H groups in total. The van der Waals surface area contributed by atoms with E-state index < -0.39 is 111 Å². The van der Waals surface area contributed by atoms with Crippen molar-refractivity contribution in [2.45, 2.75) is 112 Å². The molecule has 2 spiro atoms. The first-order chi connectivity index (χ1) is 19.9. The van der Waals surface area contributed by atoms with Crippen molar-refractivity contribution in [1.82, 2.24) is 0 Å². The Bertz CT molecular complexity index is 1500. The summed E-state index contributed by atoms with van der Waals surface area (Å²) in [5, 5.41) is 33.3. The van der Waals surface area contributed by atoms with Gasteiger partial charge >= 0.3 is 23.9 Å². The molecular formula is C30H34O13. The zero-order valence-electron chi connectivity index (χ0n) is 24.3. The monoisotopic (exact) mass is 602 g/mol. The Balaban J connectivity index is 0.000000121. The Morgan fingerprint density at radius 1 is 0.791 bits per heavy atom. The van der Waals surface area contributed by atoms with Crippen molar-refractivity contribution in [3.63, 3.8) is 0 Å². The van der Waals surface area contributed by atoms with Crippen molar-refractivity contribution < 1.29 is 62.9 Å². The molecule has 13 nitrogen and oxygen atoms in total. The number of ether oxygens (including phenoxy) is 6. The normalized spacial score (nSPS) is 61.3. The number of carbonyl (C=O) groups is 4. The van der Waals surface area contributed by atoms with Crippen molar-refractivity contribution in [3.8, 4) is 0 Å². The van der Waals surface area contributed by atoms with E-state index in [0.717, 1.165) is 5.57 Å². The molecule has 10 rings (SSSR count). The van der Waals surface area contributed by atoms with Gasteiger partial charge in [-0.15, -0.1) is 0 Å². The van der Waals surface area contributed by atoms with Crippen molar-refractivity contribution in [2.75, 3.05) is 0 Å². The number of carbonyl (C=O) groups excluding carboxylic acids is 4. The second-order valence-corrected chi connectivity index (χ2v) is 15.3. The van der Waals surface area contributed by atoms with Crippen LogP contribution in [0.5, 0.6) is 0 Å². The Hall–Kier alpha value is -2.58. The van der Waals surface area contributed by atoms with Crippen molar-refractivity contribution in [2.24, 2.45) is 34.5 Å². The summed E-state index contributed by atoms with van der Waals surface area (Å²) in [6.07, 6.45) is -3.12. The molecule has 16 atom stereocenters. The first kappa shape index (κ1) is 26.8. The van der Waals surface area contributed by atoms with Crippen LogP contribution in [0.3, 0.4) is 0 Å². The lowest BCUT2D eigenvalue weighted by atomic mass is 9.52. The lowest BCUT2D eigenvalue weighted by molar-refractivity contribution is -0.223. The molecule has 0 aromatic heterocycles. The molecule has 4 aliphatic carbocycles. The van der Waals surface area contributed by atoms with Gasteiger partial charge in [-0.05, 0) is 34.6 Å². The topological polar surface area (TPSA) is 191 Å². The summed E-state index contributed by atoms with van der Waals surface area (Å²) in [4.78, 5) is 49.4. The average molecular weight is 603 g/mol. The molecule has 0 amide bonds. The summed E-state index contributed by atoms with van der Waals surface area (Å²) < 4.78 is 33.2. The van der Waals surface area contributed by atoms with Crippen LogP contribution in [-0.4, -0.2) is 104 Å². The summed E-state index contributed by atoms with van der Waals surface area (Å²) in [5.74, 6) is -4.37. The second kappa shape index (κ2) is 6.81. The molecule has 10 aliphatic rings. The van der Waals surface area contributed by atoms with Crippen molar-refractivity contribution in [1.29, 1.82) is 0 Å². The molecule has 0 unspecified atom stereocenters. The third-order valence-corrected chi connectivity index (χ3v) is 13.4. The van der Waals surface area contributed by atoms with Crippen LogP contribution in [0.2, 0.25) is 0 Å². The quantitative estimate of drug-likeness (QED) is 0.152. The van der Waals surface area contributed by atoms with Crippen molar-refractivity contribution >= 4 is 23.9 Å². The zero-order chi connectivity index (χ0) is 30.8. The van der Waals surface area contributed by atoms with E-state index in [-0.39, 0.29) is 24.9 Å². The molecule has 0 aromatic rings. The molecule has 0 radical (unpaired) electrons. The van der Waals surface area contributed by atoms with Crippen LogP contribution in [0.15, 0.2) is 12.2 Å². The highest BCUT2D eigenvalue weighted by Gasteiger charge is 2.97. The molecule has 43 heavy (non-hydrogen) atoms. The van der Waals surface area contributed by atoms with Crippen LogP contribution in [0.4, 0.5) is 0 Å². The average Bonchev–Trinajstić information content (AvgIpc) is 3.58. The molecule has 6 aliphatic heterocycles. The Morgan fingerprint density at radius 2 is 1.23 bits per heavy atom. The van der Waals surface area contributed by atoms with Crippen LogP contribution in [0.25, 0.3) is 0 Å². The minimum Gasteiger partial charge on any atom is -0.458 e. The summed E-state index contributed by atoms with van der Waals surface area (Å²) in [6.45, 7) is 12.5. The highest BCUT2D eigenvalue weighted by Crippen LogP contribution is 2.78. The maximum absolute atomic E-state index is 12.4. The van der Waals surface area contributed by atoms with Crippen LogP contribution >= 0.6 is 0 Å². The smallest absolute Gasteiger partial charge is 0.342 e. The zero-order valence-corrected chi connectivity index (χ0v) is 24.3. The minimum atomic E-state index is -1.47. The van der Waals surface area contributed by atoms with Gasteiger partial charge in [-0.3, -0.25) is 9.59 Å². The third kappa shape index (κ3) is 2.29. The van der Waals surface area contributed by atoms with E-state index in [1.807, 2.05) is 6.92 Å². The molecule has 0 aromatic carbocycles. The van der Waals surface area contributed by atoms with Gasteiger partial charge in [0.2, 0.25) is 11.2 Å². The van der Waals surface area contributed by atoms with E-state index in [4.69, 9.17) is 28.4 Å². The van der Waals surface area contributed by atoms with E-state index in [2.05, 4.69) is 6.58 Å². The van der Waals surface area contributed by atoms with Gasteiger partial charge < -0.3 is 43.7 Å². The van der Waals surface area contributed by atoms with Gasteiger partial charge in [0.25, 0.3) is 0 Å². The van der Waals surface area contributed by atoms with Crippen LogP contribution in [0.1, 0.15) is 47.5 Å². The lowest BCUT2D eigenvalue weighted by Crippen LogP contribution is -2.68. The molecule has 232 valence electrons. The summed E-state index contributed by atoms with van der Waals surface area (Å²) >= 11 is 0. The highest BCUT2D eigenvalue weighted by molar-refractivity contribution is 5.92. The van der Waals surface area contributed by atoms with E-state index in [1.54, 1.807) is 27.7 Å². The first-order valence-corrected chi connectivity index (χ1v) is 14.9. The minimum absolute atomic E-state index is 0.189. The van der Waals surface area contributed by atoms with Gasteiger partial charge in [0.15, 0.2) is 12.2 Å². The van der Waals surface area contributed by atoms with Gasteiger partial charge in [-0.2, -0.15) is 0 Å². The predicted octanol–water partition coefficient (Wildman–Crippen LogP) is -0.929. The first-order valence-electron chi connectivity index (χ1n) is 14.9. The molecular weight excluding hydrogens is 568 g/mol. The number of aliphatic hydroxyl groups is 3. The van der Waals surface area contributed by atoms with Gasteiger partial charge in [0, 0.05) is 24.7 Å². The SMILES string of the molecule is C=C(C)[C@@H]1[C@@H]2OC(=O)[C@H]1[C@]1(O)C[C@H]3O[C@]34C(=O)O[C@H]2[C@]14C.CC(C)(O)[C@@H]1[C@@H]2OC(=O)[C@H]1[C@]1(O)C[C@H]3O[C@]34C(=O)O[C@H]2[C@]14C. The van der Waals surface area contributed by atoms with Gasteiger partial charge in [-0.25, -0.2) is 9.59 Å². The molecule has 6 saturated heterocycles. The number of hydrogen-bond donors (Lipinski definition) is 3. The summed E-state index contributed by atoms with van der Waals surface area (Å²) in [7, 11) is 0. The summed E-state index contributed by atoms with van der Waals surface area (Å²) in [6, 6.07) is 0.